The second-order valence-electron chi connectivity index (χ2n) is 8.70. The number of rotatable bonds is 3. The predicted octanol–water partition coefficient (Wildman–Crippen LogP) is 2.15. The van der Waals surface area contributed by atoms with Gasteiger partial charge in [0.2, 0.25) is 10.0 Å². The van der Waals surface area contributed by atoms with Gasteiger partial charge in [-0.3, -0.25) is 4.98 Å². The molecule has 162 valence electrons. The summed E-state index contributed by atoms with van der Waals surface area (Å²) >= 11 is 0. The van der Waals surface area contributed by atoms with Crippen LogP contribution in [0.15, 0.2) is 12.4 Å². The van der Waals surface area contributed by atoms with E-state index in [1.54, 1.807) is 25.7 Å². The molecule has 8 nitrogen and oxygen atoms in total. The lowest BCUT2D eigenvalue weighted by Crippen LogP contribution is -2.60. The molecule has 10 heteroatoms. The highest BCUT2D eigenvalue weighted by Gasteiger charge is 2.44. The summed E-state index contributed by atoms with van der Waals surface area (Å²) in [6, 6.07) is -0.685. The fourth-order valence-electron chi connectivity index (χ4n) is 3.96. The van der Waals surface area contributed by atoms with Gasteiger partial charge in [-0.1, -0.05) is 0 Å². The summed E-state index contributed by atoms with van der Waals surface area (Å²) in [5, 5.41) is 0. The monoisotopic (exact) mass is 428 g/mol. The number of nitrogens with two attached hydrogens (primary N) is 1. The molecule has 3 heterocycles. The highest BCUT2D eigenvalue weighted by Crippen LogP contribution is 2.30. The molecule has 2 aliphatic heterocycles. The van der Waals surface area contributed by atoms with Crippen molar-refractivity contribution in [3.63, 3.8) is 0 Å². The van der Waals surface area contributed by atoms with Gasteiger partial charge < -0.3 is 15.4 Å². The molecule has 29 heavy (non-hydrogen) atoms. The maximum atomic E-state index is 14.1. The van der Waals surface area contributed by atoms with Crippen LogP contribution in [0.2, 0.25) is 0 Å². The van der Waals surface area contributed by atoms with Gasteiger partial charge in [0.15, 0.2) is 0 Å². The van der Waals surface area contributed by atoms with Crippen LogP contribution in [0.4, 0.5) is 14.9 Å². The number of anilines is 1. The first-order valence-corrected chi connectivity index (χ1v) is 11.5. The third-order valence-electron chi connectivity index (χ3n) is 5.34. The molecule has 0 radical (unpaired) electrons. The molecule has 1 aromatic heterocycles. The summed E-state index contributed by atoms with van der Waals surface area (Å²) in [5.74, 6) is -0.463. The van der Waals surface area contributed by atoms with E-state index in [1.165, 1.54) is 10.5 Å². The fraction of sp³-hybridized carbons (Fsp3) is 0.684. The first-order chi connectivity index (χ1) is 13.5. The molecule has 3 atom stereocenters. The average Bonchev–Trinajstić information content (AvgIpc) is 2.71. The number of hydrogen-bond donors (Lipinski definition) is 1. The maximum Gasteiger partial charge on any atom is 0.410 e. The van der Waals surface area contributed by atoms with Gasteiger partial charge in [0.1, 0.15) is 11.4 Å². The van der Waals surface area contributed by atoms with E-state index in [4.69, 9.17) is 10.5 Å². The Morgan fingerprint density at radius 2 is 2.07 bits per heavy atom. The summed E-state index contributed by atoms with van der Waals surface area (Å²) < 4.78 is 46.6. The third kappa shape index (κ3) is 4.98. The lowest BCUT2D eigenvalue weighted by atomic mass is 9.99. The molecule has 0 spiro atoms. The van der Waals surface area contributed by atoms with E-state index in [9.17, 15) is 17.6 Å². The Labute approximate surface area is 171 Å². The van der Waals surface area contributed by atoms with Crippen LogP contribution in [0.5, 0.6) is 0 Å². The zero-order valence-corrected chi connectivity index (χ0v) is 17.9. The highest BCUT2D eigenvalue weighted by molar-refractivity contribution is 7.89. The molecule has 2 N–H and O–H groups in total. The van der Waals surface area contributed by atoms with Crippen LogP contribution >= 0.6 is 0 Å². The quantitative estimate of drug-likeness (QED) is 0.791. The molecule has 0 aliphatic carbocycles. The third-order valence-corrected chi connectivity index (χ3v) is 7.30. The van der Waals surface area contributed by atoms with Gasteiger partial charge in [0, 0.05) is 30.7 Å². The summed E-state index contributed by atoms with van der Waals surface area (Å²) in [5.41, 5.74) is 5.75. The SMILES string of the molecule is CC(C)(C)OC(=O)N1CC(CCc2c(N)cncc2F)N2CC1CCCS2(=O)=O. The first kappa shape index (κ1) is 21.8. The van der Waals surface area contributed by atoms with E-state index in [0.717, 1.165) is 6.20 Å². The van der Waals surface area contributed by atoms with Crippen LogP contribution in [0.3, 0.4) is 0 Å². The van der Waals surface area contributed by atoms with Crippen molar-refractivity contribution in [1.29, 1.82) is 0 Å². The molecule has 2 aliphatic rings. The number of halogens is 1. The van der Waals surface area contributed by atoms with Crippen LogP contribution in [-0.2, 0) is 21.2 Å². The Bertz CT molecular complexity index is 851. The predicted molar refractivity (Wildman–Crippen MR) is 107 cm³/mol. The summed E-state index contributed by atoms with van der Waals surface area (Å²) in [7, 11) is -3.43. The van der Waals surface area contributed by atoms with Gasteiger partial charge in [-0.2, -0.15) is 4.31 Å². The van der Waals surface area contributed by atoms with E-state index in [-0.39, 0.29) is 37.0 Å². The summed E-state index contributed by atoms with van der Waals surface area (Å²) in [6.07, 6.45) is 3.72. The minimum Gasteiger partial charge on any atom is -0.444 e. The number of nitrogens with zero attached hydrogens (tertiary/aromatic N) is 3. The lowest BCUT2D eigenvalue weighted by molar-refractivity contribution is -0.00328. The number of carbonyl (C=O) groups is 1. The molecular weight excluding hydrogens is 399 g/mol. The number of sulfonamides is 1. The van der Waals surface area contributed by atoms with Crippen molar-refractivity contribution in [3.05, 3.63) is 23.8 Å². The van der Waals surface area contributed by atoms with Crippen molar-refractivity contribution in [2.24, 2.45) is 0 Å². The second-order valence-corrected chi connectivity index (χ2v) is 10.7. The van der Waals surface area contributed by atoms with Gasteiger partial charge >= 0.3 is 6.09 Å². The van der Waals surface area contributed by atoms with Gasteiger partial charge in [-0.15, -0.1) is 0 Å². The van der Waals surface area contributed by atoms with Gasteiger partial charge in [-0.25, -0.2) is 17.6 Å². The number of hydrogen-bond acceptors (Lipinski definition) is 6. The standard InChI is InChI=1S/C19H29FN4O4S/c1-19(2,3)28-18(25)23-11-14(6-7-15-16(20)9-22-10-17(15)21)24-12-13(23)5-4-8-29(24,26)27/h9-10,13-14H,4-8,11-12,21H2,1-3H3. The Morgan fingerprint density at radius 3 is 2.72 bits per heavy atom. The van der Waals surface area contributed by atoms with Crippen molar-refractivity contribution in [1.82, 2.24) is 14.2 Å². The fourth-order valence-corrected chi connectivity index (χ4v) is 5.75. The smallest absolute Gasteiger partial charge is 0.410 e. The number of ether oxygens (including phenoxy) is 1. The van der Waals surface area contributed by atoms with Gasteiger partial charge in [0.25, 0.3) is 0 Å². The summed E-state index contributed by atoms with van der Waals surface area (Å²) in [6.45, 7) is 5.84. The minimum atomic E-state index is -3.43. The molecular formula is C19H29FN4O4S. The first-order valence-electron chi connectivity index (χ1n) is 9.85. The van der Waals surface area contributed by atoms with Crippen molar-refractivity contribution in [2.45, 2.75) is 64.1 Å². The number of carbonyl (C=O) groups excluding carboxylic acids is 1. The highest BCUT2D eigenvalue weighted by atomic mass is 32.2. The largest absolute Gasteiger partial charge is 0.444 e. The Morgan fingerprint density at radius 1 is 1.34 bits per heavy atom. The van der Waals surface area contributed by atoms with Crippen LogP contribution in [0, 0.1) is 5.82 Å². The Balaban J connectivity index is 1.83. The number of nitrogen functional groups attached to an aromatic ring is 1. The van der Waals surface area contributed by atoms with Gasteiger partial charge in [0.05, 0.1) is 23.8 Å². The number of piperazine rings is 1. The molecule has 3 rings (SSSR count). The molecule has 3 unspecified atom stereocenters. The number of amides is 1. The molecule has 2 saturated heterocycles. The molecule has 0 aromatic carbocycles. The molecule has 1 aromatic rings. The van der Waals surface area contributed by atoms with E-state index >= 15 is 0 Å². The van der Waals surface area contributed by atoms with E-state index in [1.807, 2.05) is 0 Å². The Hall–Kier alpha value is -1.94. The van der Waals surface area contributed by atoms with Crippen LogP contribution in [0.1, 0.15) is 45.6 Å². The zero-order valence-electron chi connectivity index (χ0n) is 17.1. The van der Waals surface area contributed by atoms with E-state index in [2.05, 4.69) is 4.98 Å². The number of aromatic nitrogens is 1. The molecule has 2 bridgehead atoms. The van der Waals surface area contributed by atoms with E-state index in [0.29, 0.717) is 24.8 Å². The van der Waals surface area contributed by atoms with Crippen LogP contribution in [0.25, 0.3) is 0 Å². The topological polar surface area (TPSA) is 106 Å². The number of pyridine rings is 1. The van der Waals surface area contributed by atoms with Crippen molar-refractivity contribution >= 4 is 21.8 Å². The van der Waals surface area contributed by atoms with Crippen molar-refractivity contribution < 1.29 is 22.3 Å². The van der Waals surface area contributed by atoms with E-state index < -0.39 is 33.6 Å². The second kappa shape index (κ2) is 8.06. The molecule has 2 fully saturated rings. The maximum absolute atomic E-state index is 14.1. The minimum absolute atomic E-state index is 0.0495. The van der Waals surface area contributed by atoms with Crippen molar-refractivity contribution in [2.75, 3.05) is 24.6 Å². The number of fused-ring (bicyclic) bond motifs is 2. The van der Waals surface area contributed by atoms with Crippen molar-refractivity contribution in [3.8, 4) is 0 Å². The molecule has 1 amide bonds. The summed E-state index contributed by atoms with van der Waals surface area (Å²) in [4.78, 5) is 18.1. The average molecular weight is 429 g/mol. The van der Waals surface area contributed by atoms with Crippen LogP contribution < -0.4 is 5.73 Å². The van der Waals surface area contributed by atoms with Crippen LogP contribution in [-0.4, -0.2) is 65.2 Å². The molecule has 0 saturated carbocycles. The normalized spacial score (nSPS) is 26.6. The van der Waals surface area contributed by atoms with Gasteiger partial charge in [-0.05, 0) is 46.5 Å². The zero-order chi connectivity index (χ0) is 21.4. The Kier molecular flexibility index (Phi) is 6.05. The lowest BCUT2D eigenvalue weighted by Gasteiger charge is -2.44.